The van der Waals surface area contributed by atoms with Crippen LogP contribution in [0.1, 0.15) is 53.9 Å². The van der Waals surface area contributed by atoms with Gasteiger partial charge in [-0.05, 0) is 47.5 Å². The SMILES string of the molecule is CC(=O)CCC(C)(C)OCCC(C)(C)N1C(=O)C=CC1=O. The summed E-state index contributed by atoms with van der Waals surface area (Å²) in [5.74, 6) is -0.409. The quantitative estimate of drug-likeness (QED) is 0.644. The zero-order valence-corrected chi connectivity index (χ0v) is 13.6. The summed E-state index contributed by atoms with van der Waals surface area (Å²) < 4.78 is 5.82. The molecule has 0 aliphatic carbocycles. The largest absolute Gasteiger partial charge is 0.375 e. The molecule has 0 atom stereocenters. The molecule has 0 saturated carbocycles. The number of rotatable bonds is 8. The lowest BCUT2D eigenvalue weighted by Gasteiger charge is -2.35. The molecular formula is C16H25NO4. The average molecular weight is 295 g/mol. The standard InChI is InChI=1S/C16H25NO4/c1-12(18)8-9-16(4,5)21-11-10-15(2,3)17-13(19)6-7-14(17)20/h6-7H,8-11H2,1-5H3. The van der Waals surface area contributed by atoms with Gasteiger partial charge in [0.25, 0.3) is 11.8 Å². The number of Topliss-reactive ketones (excluding diaryl/α,β-unsaturated/α-hetero) is 1. The summed E-state index contributed by atoms with van der Waals surface area (Å²) in [6.45, 7) is 9.57. The van der Waals surface area contributed by atoms with E-state index in [0.29, 0.717) is 25.9 Å². The van der Waals surface area contributed by atoms with Crippen molar-refractivity contribution in [1.29, 1.82) is 0 Å². The Morgan fingerprint density at radius 1 is 1.10 bits per heavy atom. The molecule has 0 aromatic heterocycles. The van der Waals surface area contributed by atoms with Crippen molar-refractivity contribution in [3.05, 3.63) is 12.2 Å². The minimum absolute atomic E-state index is 0.145. The number of ether oxygens (including phenoxy) is 1. The topological polar surface area (TPSA) is 63.7 Å². The first-order chi connectivity index (χ1) is 9.55. The van der Waals surface area contributed by atoms with E-state index in [1.807, 2.05) is 27.7 Å². The highest BCUT2D eigenvalue weighted by atomic mass is 16.5. The van der Waals surface area contributed by atoms with Gasteiger partial charge in [-0.3, -0.25) is 14.5 Å². The van der Waals surface area contributed by atoms with Crippen LogP contribution in [0.4, 0.5) is 0 Å². The third-order valence-corrected chi connectivity index (χ3v) is 3.70. The van der Waals surface area contributed by atoms with E-state index in [1.54, 1.807) is 6.92 Å². The highest BCUT2D eigenvalue weighted by Crippen LogP contribution is 2.25. The second-order valence-electron chi connectivity index (χ2n) is 6.72. The summed E-state index contributed by atoms with van der Waals surface area (Å²) in [6, 6.07) is 0. The third-order valence-electron chi connectivity index (χ3n) is 3.70. The van der Waals surface area contributed by atoms with Crippen LogP contribution in [0.3, 0.4) is 0 Å². The van der Waals surface area contributed by atoms with Crippen LogP contribution in [0, 0.1) is 0 Å². The van der Waals surface area contributed by atoms with Crippen LogP contribution in [0.5, 0.6) is 0 Å². The summed E-state index contributed by atoms with van der Waals surface area (Å²) in [4.78, 5) is 35.7. The van der Waals surface area contributed by atoms with Gasteiger partial charge in [0.2, 0.25) is 0 Å². The molecule has 0 fully saturated rings. The molecule has 1 rings (SSSR count). The molecule has 0 N–H and O–H groups in total. The van der Waals surface area contributed by atoms with E-state index in [0.717, 1.165) is 0 Å². The van der Waals surface area contributed by atoms with Crippen LogP contribution < -0.4 is 0 Å². The highest BCUT2D eigenvalue weighted by Gasteiger charge is 2.37. The molecule has 0 saturated heterocycles. The van der Waals surface area contributed by atoms with Crippen molar-refractivity contribution < 1.29 is 19.1 Å². The van der Waals surface area contributed by atoms with Gasteiger partial charge in [0.15, 0.2) is 0 Å². The number of carbonyl (C=O) groups is 3. The van der Waals surface area contributed by atoms with Crippen molar-refractivity contribution in [1.82, 2.24) is 4.90 Å². The maximum Gasteiger partial charge on any atom is 0.254 e. The maximum atomic E-state index is 11.7. The molecular weight excluding hydrogens is 270 g/mol. The van der Waals surface area contributed by atoms with E-state index >= 15 is 0 Å². The third kappa shape index (κ3) is 5.08. The molecule has 0 spiro atoms. The van der Waals surface area contributed by atoms with Gasteiger partial charge < -0.3 is 9.53 Å². The molecule has 0 unspecified atom stereocenters. The first-order valence-electron chi connectivity index (χ1n) is 7.25. The molecule has 1 heterocycles. The summed E-state index contributed by atoms with van der Waals surface area (Å²) in [7, 11) is 0. The van der Waals surface area contributed by atoms with E-state index < -0.39 is 5.54 Å². The molecule has 2 amide bonds. The van der Waals surface area contributed by atoms with Gasteiger partial charge in [0.1, 0.15) is 5.78 Å². The molecule has 0 aromatic rings. The number of hydrogen-bond donors (Lipinski definition) is 0. The smallest absolute Gasteiger partial charge is 0.254 e. The van der Waals surface area contributed by atoms with Crippen molar-refractivity contribution in [3.63, 3.8) is 0 Å². The monoisotopic (exact) mass is 295 g/mol. The summed E-state index contributed by atoms with van der Waals surface area (Å²) in [5, 5.41) is 0. The Morgan fingerprint density at radius 3 is 2.10 bits per heavy atom. The van der Waals surface area contributed by atoms with Crippen molar-refractivity contribution in [3.8, 4) is 0 Å². The molecule has 0 aromatic carbocycles. The molecule has 5 nitrogen and oxygen atoms in total. The fourth-order valence-corrected chi connectivity index (χ4v) is 2.23. The second kappa shape index (κ2) is 6.52. The number of imide groups is 1. The summed E-state index contributed by atoms with van der Waals surface area (Å²) >= 11 is 0. The highest BCUT2D eigenvalue weighted by molar-refractivity contribution is 6.13. The Labute approximate surface area is 126 Å². The maximum absolute atomic E-state index is 11.7. The Morgan fingerprint density at radius 2 is 1.62 bits per heavy atom. The van der Waals surface area contributed by atoms with E-state index in [1.165, 1.54) is 17.1 Å². The van der Waals surface area contributed by atoms with Gasteiger partial charge in [0.05, 0.1) is 5.60 Å². The minimum Gasteiger partial charge on any atom is -0.375 e. The Balaban J connectivity index is 2.49. The molecule has 1 aliphatic heterocycles. The Bertz CT molecular complexity index is 445. The number of ketones is 1. The van der Waals surface area contributed by atoms with Gasteiger partial charge in [-0.15, -0.1) is 0 Å². The normalized spacial score (nSPS) is 16.0. The van der Waals surface area contributed by atoms with Crippen molar-refractivity contribution >= 4 is 17.6 Å². The van der Waals surface area contributed by atoms with Gasteiger partial charge in [-0.25, -0.2) is 0 Å². The van der Waals surface area contributed by atoms with E-state index in [4.69, 9.17) is 4.74 Å². The lowest BCUT2D eigenvalue weighted by atomic mass is 9.97. The van der Waals surface area contributed by atoms with E-state index in [9.17, 15) is 14.4 Å². The number of hydrogen-bond acceptors (Lipinski definition) is 4. The summed E-state index contributed by atoms with van der Waals surface area (Å²) in [6.07, 6.45) is 4.29. The lowest BCUT2D eigenvalue weighted by Crippen LogP contribution is -2.48. The first kappa shape index (κ1) is 17.6. The van der Waals surface area contributed by atoms with Gasteiger partial charge in [0, 0.05) is 30.7 Å². The zero-order valence-electron chi connectivity index (χ0n) is 13.6. The van der Waals surface area contributed by atoms with Crippen molar-refractivity contribution in [2.75, 3.05) is 6.61 Å². The minimum atomic E-state index is -0.589. The van der Waals surface area contributed by atoms with Crippen LogP contribution >= 0.6 is 0 Å². The number of nitrogens with zero attached hydrogens (tertiary/aromatic N) is 1. The molecule has 1 aliphatic rings. The molecule has 0 bridgehead atoms. The Hall–Kier alpha value is -1.49. The zero-order chi connectivity index (χ0) is 16.3. The number of amides is 2. The lowest BCUT2D eigenvalue weighted by molar-refractivity contribution is -0.144. The molecule has 0 radical (unpaired) electrons. The van der Waals surface area contributed by atoms with Crippen LogP contribution in [0.2, 0.25) is 0 Å². The predicted molar refractivity (Wildman–Crippen MR) is 79.6 cm³/mol. The molecule has 5 heteroatoms. The molecule has 118 valence electrons. The van der Waals surface area contributed by atoms with Crippen LogP contribution in [0.25, 0.3) is 0 Å². The summed E-state index contributed by atoms with van der Waals surface area (Å²) in [5.41, 5.74) is -0.979. The Kier molecular flexibility index (Phi) is 5.45. The van der Waals surface area contributed by atoms with Gasteiger partial charge in [-0.1, -0.05) is 0 Å². The average Bonchev–Trinajstić information content (AvgIpc) is 2.66. The van der Waals surface area contributed by atoms with Gasteiger partial charge >= 0.3 is 0 Å². The van der Waals surface area contributed by atoms with Crippen molar-refractivity contribution in [2.45, 2.75) is 65.0 Å². The predicted octanol–water partition coefficient (Wildman–Crippen LogP) is 2.24. The molecule has 21 heavy (non-hydrogen) atoms. The van der Waals surface area contributed by atoms with E-state index in [-0.39, 0.29) is 23.2 Å². The van der Waals surface area contributed by atoms with Crippen molar-refractivity contribution in [2.24, 2.45) is 0 Å². The fraction of sp³-hybridized carbons (Fsp3) is 0.688. The van der Waals surface area contributed by atoms with Crippen LogP contribution in [-0.2, 0) is 19.1 Å². The fourth-order valence-electron chi connectivity index (χ4n) is 2.23. The second-order valence-corrected chi connectivity index (χ2v) is 6.72. The van der Waals surface area contributed by atoms with E-state index in [2.05, 4.69) is 0 Å². The first-order valence-corrected chi connectivity index (χ1v) is 7.25. The van der Waals surface area contributed by atoms with Crippen LogP contribution in [0.15, 0.2) is 12.2 Å². The number of carbonyl (C=O) groups excluding carboxylic acids is 3. The van der Waals surface area contributed by atoms with Crippen LogP contribution in [-0.4, -0.2) is 40.2 Å². The van der Waals surface area contributed by atoms with Gasteiger partial charge in [-0.2, -0.15) is 0 Å².